The molecule has 188 valence electrons. The molecular formula is C23H33F3N6OS. The summed E-state index contributed by atoms with van der Waals surface area (Å²) in [5.74, 6) is 6.77. The molecule has 1 saturated heterocycles. The van der Waals surface area contributed by atoms with Crippen LogP contribution in [0.4, 0.5) is 19.1 Å². The van der Waals surface area contributed by atoms with Crippen LogP contribution in [0.5, 0.6) is 0 Å². The van der Waals surface area contributed by atoms with Gasteiger partial charge in [-0.15, -0.1) is 22.5 Å². The summed E-state index contributed by atoms with van der Waals surface area (Å²) in [4.78, 5) is 10.2. The molecule has 3 rings (SSSR count). The third-order valence-electron chi connectivity index (χ3n) is 5.86. The van der Waals surface area contributed by atoms with Gasteiger partial charge >= 0.3 is 6.18 Å². The number of halogens is 3. The van der Waals surface area contributed by atoms with E-state index in [0.717, 1.165) is 25.3 Å². The minimum absolute atomic E-state index is 0.203. The number of anilines is 1. The van der Waals surface area contributed by atoms with Crippen molar-refractivity contribution in [2.75, 3.05) is 30.5 Å². The van der Waals surface area contributed by atoms with E-state index < -0.39 is 11.7 Å². The van der Waals surface area contributed by atoms with Gasteiger partial charge in [-0.2, -0.15) is 18.0 Å². The zero-order valence-electron chi connectivity index (χ0n) is 19.8. The van der Waals surface area contributed by atoms with E-state index in [1.807, 2.05) is 25.0 Å². The molecule has 0 unspecified atom stereocenters. The first-order chi connectivity index (χ1) is 16.2. The minimum Gasteiger partial charge on any atom is -0.381 e. The first-order valence-electron chi connectivity index (χ1n) is 11.5. The molecule has 2 N–H and O–H groups in total. The van der Waals surface area contributed by atoms with Gasteiger partial charge in [0, 0.05) is 50.0 Å². The maximum atomic E-state index is 13.6. The third kappa shape index (κ3) is 6.18. The number of nitrogens with zero attached hydrogens (tertiary/aromatic N) is 5. The average Bonchev–Trinajstić information content (AvgIpc) is 2.82. The number of rotatable bonds is 9. The first kappa shape index (κ1) is 26.2. The van der Waals surface area contributed by atoms with Gasteiger partial charge < -0.3 is 15.5 Å². The predicted molar refractivity (Wildman–Crippen MR) is 132 cm³/mol. The van der Waals surface area contributed by atoms with Crippen LogP contribution in [0.1, 0.15) is 56.2 Å². The number of benzene rings is 1. The molecule has 1 aromatic heterocycles. The number of hydrogen-bond acceptors (Lipinski definition) is 6. The Bertz CT molecular complexity index is 1020. The smallest absolute Gasteiger partial charge is 0.381 e. The second-order valence-electron chi connectivity index (χ2n) is 8.40. The number of thiol groups is 1. The van der Waals surface area contributed by atoms with Gasteiger partial charge in [0.05, 0.1) is 11.3 Å². The Morgan fingerprint density at radius 3 is 2.59 bits per heavy atom. The number of aromatic nitrogens is 3. The number of aliphatic imine (C=N–C) groups is 1. The lowest BCUT2D eigenvalue weighted by atomic mass is 9.98. The van der Waals surface area contributed by atoms with E-state index in [4.69, 9.17) is 15.6 Å². The Labute approximate surface area is 203 Å². The number of hydrogen-bond donors (Lipinski definition) is 2. The van der Waals surface area contributed by atoms with Crippen molar-refractivity contribution in [3.05, 3.63) is 39.8 Å². The molecular weight excluding hydrogens is 465 g/mol. The van der Waals surface area contributed by atoms with Crippen LogP contribution >= 0.6 is 12.6 Å². The molecule has 2 aromatic rings. The first-order valence-corrected chi connectivity index (χ1v) is 12.0. The number of allylic oxidation sites excluding steroid dienone is 1. The van der Waals surface area contributed by atoms with Crippen LogP contribution in [0.15, 0.2) is 28.1 Å². The maximum Gasteiger partial charge on any atom is 0.416 e. The molecule has 11 heteroatoms. The molecule has 0 saturated carbocycles. The average molecular weight is 499 g/mol. The Kier molecular flexibility index (Phi) is 8.75. The Morgan fingerprint density at radius 2 is 2.03 bits per heavy atom. The molecule has 1 aromatic carbocycles. The summed E-state index contributed by atoms with van der Waals surface area (Å²) in [6, 6.07) is 3.80. The molecule has 0 spiro atoms. The van der Waals surface area contributed by atoms with Gasteiger partial charge in [-0.25, -0.2) is 0 Å². The largest absolute Gasteiger partial charge is 0.416 e. The van der Waals surface area contributed by atoms with Crippen molar-refractivity contribution < 1.29 is 17.9 Å². The van der Waals surface area contributed by atoms with E-state index in [9.17, 15) is 13.2 Å². The second-order valence-corrected chi connectivity index (χ2v) is 8.94. The lowest BCUT2D eigenvalue weighted by Crippen LogP contribution is -2.40. The molecule has 1 aliphatic rings. The molecule has 1 aliphatic heterocycles. The monoisotopic (exact) mass is 498 g/mol. The molecule has 0 bridgehead atoms. The zero-order valence-corrected chi connectivity index (χ0v) is 20.7. The molecule has 0 radical (unpaired) electrons. The van der Waals surface area contributed by atoms with Crippen LogP contribution < -0.4 is 10.7 Å². The Morgan fingerprint density at radius 1 is 1.32 bits per heavy atom. The SMILES string of the molecule is CCCN(Cc1cc(C(F)(F)F)ccc1/C(N=CC1CCOCC1)=C(/S)CC)c1nn(C)n1N. The van der Waals surface area contributed by atoms with Gasteiger partial charge in [0.2, 0.25) is 0 Å². The van der Waals surface area contributed by atoms with E-state index >= 15 is 0 Å². The van der Waals surface area contributed by atoms with Crippen molar-refractivity contribution in [3.63, 3.8) is 0 Å². The summed E-state index contributed by atoms with van der Waals surface area (Å²) in [6.07, 6.45) is 0.560. The molecule has 2 heterocycles. The normalized spacial score (nSPS) is 16.3. The highest BCUT2D eigenvalue weighted by atomic mass is 32.1. The van der Waals surface area contributed by atoms with Crippen molar-refractivity contribution >= 4 is 30.5 Å². The molecule has 34 heavy (non-hydrogen) atoms. The minimum atomic E-state index is -4.46. The van der Waals surface area contributed by atoms with E-state index in [1.165, 1.54) is 21.7 Å². The highest BCUT2D eigenvalue weighted by molar-refractivity contribution is 7.84. The zero-order chi connectivity index (χ0) is 24.9. The maximum absolute atomic E-state index is 13.6. The predicted octanol–water partition coefficient (Wildman–Crippen LogP) is 4.88. The quantitative estimate of drug-likeness (QED) is 0.294. The molecule has 1 fully saturated rings. The fraction of sp³-hybridized carbons (Fsp3) is 0.565. The third-order valence-corrected chi connectivity index (χ3v) is 6.39. The van der Waals surface area contributed by atoms with Crippen LogP contribution in [0.2, 0.25) is 0 Å². The van der Waals surface area contributed by atoms with E-state index in [2.05, 4.69) is 17.7 Å². The van der Waals surface area contributed by atoms with Crippen molar-refractivity contribution in [2.24, 2.45) is 18.0 Å². The van der Waals surface area contributed by atoms with Gasteiger partial charge in [0.1, 0.15) is 0 Å². The van der Waals surface area contributed by atoms with Gasteiger partial charge in [0.25, 0.3) is 5.95 Å². The number of alkyl halides is 3. The highest BCUT2D eigenvalue weighted by Crippen LogP contribution is 2.35. The summed E-state index contributed by atoms with van der Waals surface area (Å²) >= 11 is 4.64. The van der Waals surface area contributed by atoms with Gasteiger partial charge in [-0.1, -0.05) is 19.9 Å². The fourth-order valence-corrected chi connectivity index (χ4v) is 4.07. The van der Waals surface area contributed by atoms with Crippen LogP contribution in [0, 0.1) is 5.92 Å². The van der Waals surface area contributed by atoms with Crippen molar-refractivity contribution in [1.82, 2.24) is 14.7 Å². The Balaban J connectivity index is 2.05. The Hall–Kier alpha value is -2.40. The number of nitrogens with two attached hydrogens (primary N) is 1. The standard InChI is InChI=1S/C23H33F3N6OS/c1-4-10-31(22-29-30(3)32(22)27)15-17-13-18(23(24,25)26)6-7-19(17)21(20(34)5-2)28-14-16-8-11-33-12-9-16/h6-7,13-14,16,34H,4-5,8-12,15,27H2,1-3H3/b21-20-,28-14?. The van der Waals surface area contributed by atoms with Gasteiger partial charge in [-0.3, -0.25) is 4.99 Å². The van der Waals surface area contributed by atoms with Crippen LogP contribution in [0.3, 0.4) is 0 Å². The molecule has 0 aliphatic carbocycles. The lowest BCUT2D eigenvalue weighted by molar-refractivity contribution is -0.137. The number of nitrogen functional groups attached to an aromatic ring is 1. The summed E-state index contributed by atoms with van der Waals surface area (Å²) < 4.78 is 46.2. The summed E-state index contributed by atoms with van der Waals surface area (Å²) in [5, 5.41) is 4.30. The van der Waals surface area contributed by atoms with Crippen LogP contribution in [-0.2, 0) is 24.5 Å². The number of ether oxygens (including phenoxy) is 1. The van der Waals surface area contributed by atoms with Crippen LogP contribution in [-0.4, -0.2) is 40.7 Å². The topological polar surface area (TPSA) is 73.6 Å². The fourth-order valence-electron chi connectivity index (χ4n) is 3.89. The van der Waals surface area contributed by atoms with Gasteiger partial charge in [-0.05, 0) is 49.3 Å². The van der Waals surface area contributed by atoms with Gasteiger partial charge in [0.15, 0.2) is 0 Å². The summed E-state index contributed by atoms with van der Waals surface area (Å²) in [7, 11) is 1.70. The van der Waals surface area contributed by atoms with Crippen molar-refractivity contribution in [1.29, 1.82) is 0 Å². The number of aryl methyl sites for hydroxylation is 1. The van der Waals surface area contributed by atoms with E-state index in [-0.39, 0.29) is 12.5 Å². The van der Waals surface area contributed by atoms with Crippen LogP contribution in [0.25, 0.3) is 5.70 Å². The molecule has 0 atom stereocenters. The summed E-state index contributed by atoms with van der Waals surface area (Å²) in [5.41, 5.74) is 1.01. The lowest BCUT2D eigenvalue weighted by Gasteiger charge is -2.29. The highest BCUT2D eigenvalue weighted by Gasteiger charge is 2.32. The molecule has 0 amide bonds. The summed E-state index contributed by atoms with van der Waals surface area (Å²) in [6.45, 7) is 6.10. The van der Waals surface area contributed by atoms with E-state index in [1.54, 1.807) is 7.05 Å². The van der Waals surface area contributed by atoms with Crippen molar-refractivity contribution in [2.45, 2.75) is 52.3 Å². The second kappa shape index (κ2) is 11.4. The van der Waals surface area contributed by atoms with Crippen molar-refractivity contribution in [3.8, 4) is 0 Å². The molecule has 7 nitrogen and oxygen atoms in total. The van der Waals surface area contributed by atoms with E-state index in [0.29, 0.717) is 53.9 Å².